The molecular weight excluding hydrogens is 312 g/mol. The molecule has 0 saturated carbocycles. The lowest BCUT2D eigenvalue weighted by molar-refractivity contribution is 0.312. The van der Waals surface area contributed by atoms with Gasteiger partial charge in [-0.2, -0.15) is 10.1 Å². The average Bonchev–Trinajstić information content (AvgIpc) is 2.62. The molecule has 126 valence electrons. The minimum Gasteiger partial charge on any atom is -0.361 e. The number of aromatic nitrogens is 3. The van der Waals surface area contributed by atoms with Crippen LogP contribution >= 0.6 is 0 Å². The van der Waals surface area contributed by atoms with E-state index < -0.39 is 5.66 Å². The molecule has 1 aliphatic rings. The fraction of sp³-hybridized carbons (Fsp3) is 0.250. The van der Waals surface area contributed by atoms with E-state index in [4.69, 9.17) is 5.10 Å². The summed E-state index contributed by atoms with van der Waals surface area (Å²) in [6.45, 7) is 6.19. The second-order valence-corrected chi connectivity index (χ2v) is 6.66. The predicted molar refractivity (Wildman–Crippen MR) is 99.5 cm³/mol. The van der Waals surface area contributed by atoms with Crippen LogP contribution in [0.3, 0.4) is 0 Å². The number of fused-ring (bicyclic) bond motifs is 3. The van der Waals surface area contributed by atoms with Crippen LogP contribution in [0.4, 0.5) is 5.69 Å². The SMILES string of the molecule is CCC1(C)Nc2ccccc2-c2nc(=O)c(-c3ccc(C)cc3)nn21. The molecule has 3 aromatic rings. The Morgan fingerprint density at radius 3 is 2.56 bits per heavy atom. The summed E-state index contributed by atoms with van der Waals surface area (Å²) in [5, 5.41) is 8.26. The summed E-state index contributed by atoms with van der Waals surface area (Å²) < 4.78 is 1.85. The first kappa shape index (κ1) is 15.6. The van der Waals surface area contributed by atoms with E-state index in [9.17, 15) is 4.79 Å². The molecule has 25 heavy (non-hydrogen) atoms. The Balaban J connectivity index is 1.99. The molecule has 1 unspecified atom stereocenters. The maximum absolute atomic E-state index is 12.7. The van der Waals surface area contributed by atoms with Gasteiger partial charge in [-0.15, -0.1) is 0 Å². The summed E-state index contributed by atoms with van der Waals surface area (Å²) in [5.41, 5.74) is 3.44. The van der Waals surface area contributed by atoms with Crippen LogP contribution in [0.5, 0.6) is 0 Å². The van der Waals surface area contributed by atoms with Crippen LogP contribution < -0.4 is 10.9 Å². The fourth-order valence-electron chi connectivity index (χ4n) is 3.17. The van der Waals surface area contributed by atoms with E-state index in [0.29, 0.717) is 11.5 Å². The van der Waals surface area contributed by atoms with Gasteiger partial charge in [-0.3, -0.25) is 4.79 Å². The summed E-state index contributed by atoms with van der Waals surface area (Å²) in [4.78, 5) is 17.1. The molecule has 0 radical (unpaired) electrons. The first-order valence-electron chi connectivity index (χ1n) is 8.48. The van der Waals surface area contributed by atoms with E-state index in [1.165, 1.54) is 0 Å². The monoisotopic (exact) mass is 332 g/mol. The van der Waals surface area contributed by atoms with E-state index in [1.54, 1.807) is 0 Å². The summed E-state index contributed by atoms with van der Waals surface area (Å²) in [6, 6.07) is 15.7. The highest BCUT2D eigenvalue weighted by Crippen LogP contribution is 2.37. The van der Waals surface area contributed by atoms with Gasteiger partial charge in [-0.25, -0.2) is 4.68 Å². The third kappa shape index (κ3) is 2.43. The first-order chi connectivity index (χ1) is 12.0. The number of anilines is 1. The molecule has 5 nitrogen and oxygen atoms in total. The van der Waals surface area contributed by atoms with Gasteiger partial charge in [0.2, 0.25) is 0 Å². The zero-order chi connectivity index (χ0) is 17.6. The van der Waals surface area contributed by atoms with Crippen molar-refractivity contribution in [3.05, 3.63) is 64.4 Å². The minimum absolute atomic E-state index is 0.301. The molecule has 0 fully saturated rings. The number of benzene rings is 2. The molecule has 2 heterocycles. The number of rotatable bonds is 2. The molecule has 4 rings (SSSR count). The normalized spacial score (nSPS) is 18.2. The zero-order valence-electron chi connectivity index (χ0n) is 14.6. The molecule has 0 aliphatic carbocycles. The highest BCUT2D eigenvalue weighted by molar-refractivity contribution is 5.76. The van der Waals surface area contributed by atoms with Gasteiger partial charge in [0.05, 0.1) is 0 Å². The van der Waals surface area contributed by atoms with Gasteiger partial charge < -0.3 is 5.32 Å². The lowest BCUT2D eigenvalue weighted by atomic mass is 10.0. The number of nitrogens with one attached hydrogen (secondary N) is 1. The van der Waals surface area contributed by atoms with Gasteiger partial charge in [0.15, 0.2) is 11.5 Å². The van der Waals surface area contributed by atoms with Crippen molar-refractivity contribution in [2.24, 2.45) is 0 Å². The van der Waals surface area contributed by atoms with E-state index in [0.717, 1.165) is 28.8 Å². The Kier molecular flexibility index (Phi) is 3.46. The van der Waals surface area contributed by atoms with Crippen LogP contribution in [-0.2, 0) is 5.66 Å². The van der Waals surface area contributed by atoms with Crippen LogP contribution in [0.25, 0.3) is 22.6 Å². The predicted octanol–water partition coefficient (Wildman–Crippen LogP) is 3.79. The van der Waals surface area contributed by atoms with Gasteiger partial charge in [-0.05, 0) is 32.4 Å². The molecule has 0 spiro atoms. The molecule has 0 amide bonds. The standard InChI is InChI=1S/C20H20N4O/c1-4-20(3)22-16-8-6-5-7-15(16)18-21-19(25)17(23-24(18)20)14-11-9-13(2)10-12-14/h5-12,22H,4H2,1-3H3. The van der Waals surface area contributed by atoms with Crippen molar-refractivity contribution in [2.75, 3.05) is 5.32 Å². The van der Waals surface area contributed by atoms with Crippen molar-refractivity contribution in [3.8, 4) is 22.6 Å². The maximum Gasteiger partial charge on any atom is 0.300 e. The summed E-state index contributed by atoms with van der Waals surface area (Å²) in [5.74, 6) is 0.611. The topological polar surface area (TPSA) is 59.8 Å². The number of aryl methyl sites for hydroxylation is 1. The van der Waals surface area contributed by atoms with Crippen LogP contribution in [0, 0.1) is 6.92 Å². The van der Waals surface area contributed by atoms with E-state index >= 15 is 0 Å². The number of para-hydroxylation sites is 1. The van der Waals surface area contributed by atoms with E-state index in [2.05, 4.69) is 24.1 Å². The van der Waals surface area contributed by atoms with Crippen LogP contribution in [0.2, 0.25) is 0 Å². The molecule has 1 aromatic heterocycles. The van der Waals surface area contributed by atoms with Crippen LogP contribution in [-0.4, -0.2) is 14.8 Å². The van der Waals surface area contributed by atoms with Crippen LogP contribution in [0.15, 0.2) is 53.3 Å². The lowest BCUT2D eigenvalue weighted by Crippen LogP contribution is -2.44. The second kappa shape index (κ2) is 5.55. The Bertz CT molecular complexity index is 1010. The van der Waals surface area contributed by atoms with Crippen molar-refractivity contribution >= 4 is 5.69 Å². The van der Waals surface area contributed by atoms with Crippen LogP contribution in [0.1, 0.15) is 25.8 Å². The molecule has 1 aliphatic heterocycles. The largest absolute Gasteiger partial charge is 0.361 e. The molecule has 0 bridgehead atoms. The summed E-state index contributed by atoms with van der Waals surface area (Å²) in [7, 11) is 0. The van der Waals surface area contributed by atoms with Gasteiger partial charge in [0, 0.05) is 16.8 Å². The van der Waals surface area contributed by atoms with Gasteiger partial charge in [0.1, 0.15) is 5.66 Å². The quantitative estimate of drug-likeness (QED) is 0.776. The molecule has 2 aromatic carbocycles. The second-order valence-electron chi connectivity index (χ2n) is 6.66. The lowest BCUT2D eigenvalue weighted by Gasteiger charge is -2.38. The Morgan fingerprint density at radius 2 is 1.84 bits per heavy atom. The van der Waals surface area contributed by atoms with Crippen molar-refractivity contribution in [2.45, 2.75) is 32.9 Å². The Labute approximate surface area is 146 Å². The van der Waals surface area contributed by atoms with Crippen molar-refractivity contribution in [3.63, 3.8) is 0 Å². The number of hydrogen-bond acceptors (Lipinski definition) is 4. The fourth-order valence-corrected chi connectivity index (χ4v) is 3.17. The number of nitrogens with zero attached hydrogens (tertiary/aromatic N) is 3. The highest BCUT2D eigenvalue weighted by atomic mass is 16.1. The molecular formula is C20H20N4O. The highest BCUT2D eigenvalue weighted by Gasteiger charge is 2.34. The molecule has 1 N–H and O–H groups in total. The molecule has 1 atom stereocenters. The van der Waals surface area contributed by atoms with Gasteiger partial charge in [-0.1, -0.05) is 48.9 Å². The van der Waals surface area contributed by atoms with Crippen molar-refractivity contribution in [1.82, 2.24) is 14.8 Å². The van der Waals surface area contributed by atoms with E-state index in [1.807, 2.05) is 60.1 Å². The Hall–Kier alpha value is -2.95. The minimum atomic E-state index is -0.441. The third-order valence-electron chi connectivity index (χ3n) is 4.86. The first-order valence-corrected chi connectivity index (χ1v) is 8.48. The zero-order valence-corrected chi connectivity index (χ0v) is 14.6. The van der Waals surface area contributed by atoms with Gasteiger partial charge >= 0.3 is 0 Å². The van der Waals surface area contributed by atoms with Crippen molar-refractivity contribution in [1.29, 1.82) is 0 Å². The molecule has 0 saturated heterocycles. The van der Waals surface area contributed by atoms with E-state index in [-0.39, 0.29) is 5.56 Å². The maximum atomic E-state index is 12.7. The summed E-state index contributed by atoms with van der Waals surface area (Å²) >= 11 is 0. The smallest absolute Gasteiger partial charge is 0.300 e. The average molecular weight is 332 g/mol. The van der Waals surface area contributed by atoms with Crippen molar-refractivity contribution < 1.29 is 0 Å². The molecule has 5 heteroatoms. The third-order valence-corrected chi connectivity index (χ3v) is 4.86. The number of hydrogen-bond donors (Lipinski definition) is 1. The Morgan fingerprint density at radius 1 is 1.12 bits per heavy atom. The van der Waals surface area contributed by atoms with Gasteiger partial charge in [0.25, 0.3) is 5.56 Å². The summed E-state index contributed by atoms with van der Waals surface area (Å²) in [6.07, 6.45) is 0.805.